The van der Waals surface area contributed by atoms with Gasteiger partial charge in [0.1, 0.15) is 5.75 Å². The molecule has 0 bridgehead atoms. The van der Waals surface area contributed by atoms with Gasteiger partial charge >= 0.3 is 0 Å². The van der Waals surface area contributed by atoms with Gasteiger partial charge in [-0.15, -0.1) is 0 Å². The van der Waals surface area contributed by atoms with Crippen LogP contribution in [-0.4, -0.2) is 6.04 Å². The third-order valence-corrected chi connectivity index (χ3v) is 3.65. The lowest BCUT2D eigenvalue weighted by molar-refractivity contribution is 0.433. The van der Waals surface area contributed by atoms with Crippen LogP contribution in [0.4, 0.5) is 4.39 Å². The summed E-state index contributed by atoms with van der Waals surface area (Å²) in [5.41, 5.74) is 7.74. The molecule has 0 aliphatic carbocycles. The Hall–Kier alpha value is -1.58. The minimum Gasteiger partial charge on any atom is -0.452 e. The first-order chi connectivity index (χ1) is 10.0. The standard InChI is InChI=1S/C17H19ClFNO/c1-3-13(20)10-12-5-4-6-15(19)17(12)21-16-8-7-11(2)9-14(16)18/h4-9,13H,3,10,20H2,1-2H3. The number of halogens is 2. The third kappa shape index (κ3) is 3.96. The van der Waals surface area contributed by atoms with Crippen LogP contribution in [-0.2, 0) is 6.42 Å². The SMILES string of the molecule is CCC(N)Cc1cccc(F)c1Oc1ccc(C)cc1Cl. The molecule has 0 aliphatic heterocycles. The number of ether oxygens (including phenoxy) is 1. The molecule has 1 atom stereocenters. The number of aryl methyl sites for hydroxylation is 1. The summed E-state index contributed by atoms with van der Waals surface area (Å²) in [6, 6.07) is 10.2. The number of hydrogen-bond donors (Lipinski definition) is 1. The molecule has 112 valence electrons. The van der Waals surface area contributed by atoms with Gasteiger partial charge in [-0.3, -0.25) is 0 Å². The van der Waals surface area contributed by atoms with Gasteiger partial charge in [-0.05, 0) is 49.1 Å². The largest absolute Gasteiger partial charge is 0.452 e. The van der Waals surface area contributed by atoms with Crippen molar-refractivity contribution in [3.63, 3.8) is 0 Å². The molecular weight excluding hydrogens is 289 g/mol. The Morgan fingerprint density at radius 1 is 1.29 bits per heavy atom. The van der Waals surface area contributed by atoms with Gasteiger partial charge in [0, 0.05) is 6.04 Å². The lowest BCUT2D eigenvalue weighted by Crippen LogP contribution is -2.21. The lowest BCUT2D eigenvalue weighted by atomic mass is 10.0. The van der Waals surface area contributed by atoms with Gasteiger partial charge in [0.05, 0.1) is 5.02 Å². The highest BCUT2D eigenvalue weighted by molar-refractivity contribution is 6.32. The quantitative estimate of drug-likeness (QED) is 0.856. The maximum Gasteiger partial charge on any atom is 0.166 e. The molecule has 0 radical (unpaired) electrons. The smallest absolute Gasteiger partial charge is 0.166 e. The molecule has 0 heterocycles. The lowest BCUT2D eigenvalue weighted by Gasteiger charge is -2.15. The molecule has 0 fully saturated rings. The van der Waals surface area contributed by atoms with Crippen molar-refractivity contribution in [2.24, 2.45) is 5.73 Å². The fourth-order valence-corrected chi connectivity index (χ4v) is 2.33. The highest BCUT2D eigenvalue weighted by Crippen LogP contribution is 2.34. The zero-order valence-electron chi connectivity index (χ0n) is 12.2. The third-order valence-electron chi connectivity index (χ3n) is 3.35. The van der Waals surface area contributed by atoms with Gasteiger partial charge in [-0.1, -0.05) is 36.7 Å². The Labute approximate surface area is 129 Å². The molecule has 0 spiro atoms. The van der Waals surface area contributed by atoms with E-state index in [1.807, 2.05) is 26.0 Å². The number of rotatable bonds is 5. The average Bonchev–Trinajstić information content (AvgIpc) is 2.44. The highest BCUT2D eigenvalue weighted by Gasteiger charge is 2.14. The topological polar surface area (TPSA) is 35.2 Å². The number of nitrogens with two attached hydrogens (primary N) is 1. The molecule has 2 aromatic rings. The van der Waals surface area contributed by atoms with E-state index in [0.717, 1.165) is 17.5 Å². The molecule has 2 rings (SSSR count). The van der Waals surface area contributed by atoms with Crippen molar-refractivity contribution in [1.82, 2.24) is 0 Å². The number of benzene rings is 2. The van der Waals surface area contributed by atoms with Crippen LogP contribution in [0.15, 0.2) is 36.4 Å². The van der Waals surface area contributed by atoms with Crippen molar-refractivity contribution in [3.8, 4) is 11.5 Å². The second kappa shape index (κ2) is 6.92. The Kier molecular flexibility index (Phi) is 5.21. The van der Waals surface area contributed by atoms with Crippen molar-refractivity contribution in [2.45, 2.75) is 32.7 Å². The minimum atomic E-state index is -0.410. The second-order valence-corrected chi connectivity index (χ2v) is 5.54. The first kappa shape index (κ1) is 15.8. The van der Waals surface area contributed by atoms with E-state index in [1.165, 1.54) is 6.07 Å². The molecule has 0 saturated heterocycles. The van der Waals surface area contributed by atoms with E-state index in [2.05, 4.69) is 0 Å². The Morgan fingerprint density at radius 2 is 2.05 bits per heavy atom. The maximum atomic E-state index is 14.1. The summed E-state index contributed by atoms with van der Waals surface area (Å²) in [7, 11) is 0. The van der Waals surface area contributed by atoms with E-state index in [1.54, 1.807) is 18.2 Å². The average molecular weight is 308 g/mol. The van der Waals surface area contributed by atoms with Crippen molar-refractivity contribution in [1.29, 1.82) is 0 Å². The molecule has 21 heavy (non-hydrogen) atoms. The number of hydrogen-bond acceptors (Lipinski definition) is 2. The zero-order chi connectivity index (χ0) is 15.4. The van der Waals surface area contributed by atoms with Crippen LogP contribution in [0, 0.1) is 12.7 Å². The molecule has 2 nitrogen and oxygen atoms in total. The van der Waals surface area contributed by atoms with Crippen LogP contribution in [0.3, 0.4) is 0 Å². The van der Waals surface area contributed by atoms with E-state index in [0.29, 0.717) is 17.2 Å². The van der Waals surface area contributed by atoms with Crippen molar-refractivity contribution < 1.29 is 9.13 Å². The predicted molar refractivity (Wildman–Crippen MR) is 84.6 cm³/mol. The molecule has 2 N–H and O–H groups in total. The van der Waals surface area contributed by atoms with Crippen LogP contribution in [0.5, 0.6) is 11.5 Å². The van der Waals surface area contributed by atoms with E-state index in [4.69, 9.17) is 22.1 Å². The van der Waals surface area contributed by atoms with E-state index in [9.17, 15) is 4.39 Å². The number of para-hydroxylation sites is 1. The summed E-state index contributed by atoms with van der Waals surface area (Å²) in [6.45, 7) is 3.94. The van der Waals surface area contributed by atoms with Crippen LogP contribution < -0.4 is 10.5 Å². The fraction of sp³-hybridized carbons (Fsp3) is 0.294. The van der Waals surface area contributed by atoms with Crippen molar-refractivity contribution >= 4 is 11.6 Å². The van der Waals surface area contributed by atoms with Crippen molar-refractivity contribution in [2.75, 3.05) is 0 Å². The first-order valence-corrected chi connectivity index (χ1v) is 7.36. The van der Waals surface area contributed by atoms with Gasteiger partial charge in [-0.25, -0.2) is 4.39 Å². The second-order valence-electron chi connectivity index (χ2n) is 5.14. The van der Waals surface area contributed by atoms with Gasteiger partial charge < -0.3 is 10.5 Å². The summed E-state index contributed by atoms with van der Waals surface area (Å²) in [5, 5.41) is 0.462. The maximum absolute atomic E-state index is 14.1. The Balaban J connectivity index is 2.34. The molecule has 0 amide bonds. The van der Waals surface area contributed by atoms with Crippen molar-refractivity contribution in [3.05, 3.63) is 58.4 Å². The molecule has 0 aromatic heterocycles. The van der Waals surface area contributed by atoms with E-state index >= 15 is 0 Å². The molecule has 4 heteroatoms. The monoisotopic (exact) mass is 307 g/mol. The Morgan fingerprint density at radius 3 is 2.71 bits per heavy atom. The molecule has 1 unspecified atom stereocenters. The fourth-order valence-electron chi connectivity index (χ4n) is 2.05. The van der Waals surface area contributed by atoms with Gasteiger partial charge in [-0.2, -0.15) is 0 Å². The zero-order valence-corrected chi connectivity index (χ0v) is 13.0. The van der Waals surface area contributed by atoms with Gasteiger partial charge in [0.2, 0.25) is 0 Å². The summed E-state index contributed by atoms with van der Waals surface area (Å²) >= 11 is 6.14. The van der Waals surface area contributed by atoms with E-state index < -0.39 is 5.82 Å². The van der Waals surface area contributed by atoms with E-state index in [-0.39, 0.29) is 11.8 Å². The summed E-state index contributed by atoms with van der Waals surface area (Å²) < 4.78 is 19.8. The van der Waals surface area contributed by atoms with Gasteiger partial charge in [0.25, 0.3) is 0 Å². The molecule has 0 saturated carbocycles. The van der Waals surface area contributed by atoms with Crippen LogP contribution >= 0.6 is 11.6 Å². The molecular formula is C17H19ClFNO. The molecule has 0 aliphatic rings. The Bertz CT molecular complexity index is 630. The van der Waals surface area contributed by atoms with Crippen LogP contribution in [0.25, 0.3) is 0 Å². The van der Waals surface area contributed by atoms with Gasteiger partial charge in [0.15, 0.2) is 11.6 Å². The normalized spacial score (nSPS) is 12.2. The van der Waals surface area contributed by atoms with Crippen LogP contribution in [0.1, 0.15) is 24.5 Å². The highest BCUT2D eigenvalue weighted by atomic mass is 35.5. The summed E-state index contributed by atoms with van der Waals surface area (Å²) in [5.74, 6) is 0.235. The summed E-state index contributed by atoms with van der Waals surface area (Å²) in [6.07, 6.45) is 1.38. The predicted octanol–water partition coefficient (Wildman–Crippen LogP) is 4.86. The molecule has 2 aromatic carbocycles. The first-order valence-electron chi connectivity index (χ1n) is 6.98. The van der Waals surface area contributed by atoms with Crippen LogP contribution in [0.2, 0.25) is 5.02 Å². The minimum absolute atomic E-state index is 0.0253. The summed E-state index contributed by atoms with van der Waals surface area (Å²) in [4.78, 5) is 0.